The van der Waals surface area contributed by atoms with Crippen molar-refractivity contribution in [3.8, 4) is 0 Å². The molecule has 2 heterocycles. The second kappa shape index (κ2) is 10.2. The zero-order valence-electron chi connectivity index (χ0n) is 16.9. The number of rotatable bonds is 8. The van der Waals surface area contributed by atoms with Crippen molar-refractivity contribution < 1.29 is 19.8 Å². The van der Waals surface area contributed by atoms with Gasteiger partial charge in [0, 0.05) is 25.9 Å². The first-order chi connectivity index (χ1) is 15.0. The second-order valence-electron chi connectivity index (χ2n) is 7.02. The van der Waals surface area contributed by atoms with Crippen LogP contribution in [0.4, 0.5) is 0 Å². The van der Waals surface area contributed by atoms with Crippen molar-refractivity contribution in [2.75, 3.05) is 0 Å². The predicted molar refractivity (Wildman–Crippen MR) is 116 cm³/mol. The lowest BCUT2D eigenvalue weighted by Gasteiger charge is -2.01. The summed E-state index contributed by atoms with van der Waals surface area (Å²) >= 11 is 0. The number of aromatic amines is 1. The number of carboxylic acids is 2. The van der Waals surface area contributed by atoms with Crippen LogP contribution in [0.1, 0.15) is 25.7 Å². The molecule has 0 atom stereocenters. The molecular formula is C22H24N4O5. The molecule has 2 aromatic carbocycles. The number of benzene rings is 2. The van der Waals surface area contributed by atoms with Gasteiger partial charge in [-0.3, -0.25) is 14.2 Å². The van der Waals surface area contributed by atoms with E-state index in [2.05, 4.69) is 9.97 Å². The van der Waals surface area contributed by atoms with Crippen LogP contribution < -0.4 is 5.69 Å². The normalized spacial score (nSPS) is 10.7. The average Bonchev–Trinajstić information content (AvgIpc) is 3.29. The molecule has 2 aromatic heterocycles. The number of fused-ring (bicyclic) bond motifs is 2. The highest BCUT2D eigenvalue weighted by molar-refractivity contribution is 5.75. The SMILES string of the molecule is O=C(O)CCCn1c(=O)[nH]c2ccccc21.O=C(O)CCCn1cnc2ccccc21. The van der Waals surface area contributed by atoms with Crippen molar-refractivity contribution in [3.63, 3.8) is 0 Å². The Morgan fingerprint density at radius 3 is 2.19 bits per heavy atom. The Balaban J connectivity index is 0.000000176. The molecule has 9 nitrogen and oxygen atoms in total. The summed E-state index contributed by atoms with van der Waals surface area (Å²) in [6.07, 6.45) is 3.12. The minimum atomic E-state index is -0.840. The lowest BCUT2D eigenvalue weighted by molar-refractivity contribution is -0.138. The number of aromatic nitrogens is 4. The fraction of sp³-hybridized carbons (Fsp3) is 0.273. The fourth-order valence-electron chi connectivity index (χ4n) is 3.31. The number of nitrogens with zero attached hydrogens (tertiary/aromatic N) is 3. The molecule has 0 aliphatic carbocycles. The number of aliphatic carboxylic acids is 2. The summed E-state index contributed by atoms with van der Waals surface area (Å²) in [6, 6.07) is 15.2. The van der Waals surface area contributed by atoms with Gasteiger partial charge in [-0.05, 0) is 37.1 Å². The number of carbonyl (C=O) groups is 2. The van der Waals surface area contributed by atoms with Gasteiger partial charge in [-0.25, -0.2) is 9.78 Å². The van der Waals surface area contributed by atoms with Crippen molar-refractivity contribution in [3.05, 3.63) is 65.3 Å². The Hall–Kier alpha value is -3.88. The lowest BCUT2D eigenvalue weighted by Crippen LogP contribution is -2.17. The molecule has 4 aromatic rings. The Bertz CT molecular complexity index is 1240. The number of carboxylic acid groups (broad SMARTS) is 2. The number of imidazole rings is 2. The van der Waals surface area contributed by atoms with Gasteiger partial charge in [0.2, 0.25) is 0 Å². The fourth-order valence-corrected chi connectivity index (χ4v) is 3.31. The maximum atomic E-state index is 11.6. The molecule has 0 saturated carbocycles. The Labute approximate surface area is 177 Å². The number of hydrogen-bond donors (Lipinski definition) is 3. The molecule has 162 valence electrons. The summed E-state index contributed by atoms with van der Waals surface area (Å²) in [6.45, 7) is 1.13. The summed E-state index contributed by atoms with van der Waals surface area (Å²) in [4.78, 5) is 39.3. The molecule has 0 bridgehead atoms. The summed E-state index contributed by atoms with van der Waals surface area (Å²) in [5.74, 6) is -1.59. The van der Waals surface area contributed by atoms with Gasteiger partial charge in [0.05, 0.1) is 28.4 Å². The summed E-state index contributed by atoms with van der Waals surface area (Å²) in [5, 5.41) is 17.1. The summed E-state index contributed by atoms with van der Waals surface area (Å²) < 4.78 is 3.55. The lowest BCUT2D eigenvalue weighted by atomic mass is 10.3. The van der Waals surface area contributed by atoms with Gasteiger partial charge in [0.1, 0.15) is 0 Å². The molecule has 3 N–H and O–H groups in total. The molecule has 9 heteroatoms. The molecule has 0 fully saturated rings. The summed E-state index contributed by atoms with van der Waals surface area (Å²) in [5.41, 5.74) is 3.42. The molecule has 0 spiro atoms. The van der Waals surface area contributed by atoms with Gasteiger partial charge in [-0.2, -0.15) is 0 Å². The van der Waals surface area contributed by atoms with Crippen LogP contribution in [0.5, 0.6) is 0 Å². The molecule has 31 heavy (non-hydrogen) atoms. The van der Waals surface area contributed by atoms with Gasteiger partial charge in [-0.1, -0.05) is 24.3 Å². The topological polar surface area (TPSA) is 130 Å². The van der Waals surface area contributed by atoms with E-state index in [0.717, 1.165) is 22.1 Å². The number of aryl methyl sites for hydroxylation is 2. The van der Waals surface area contributed by atoms with Gasteiger partial charge >= 0.3 is 17.6 Å². The quantitative estimate of drug-likeness (QED) is 0.398. The Morgan fingerprint density at radius 2 is 1.48 bits per heavy atom. The Morgan fingerprint density at radius 1 is 0.871 bits per heavy atom. The van der Waals surface area contributed by atoms with E-state index in [1.807, 2.05) is 53.1 Å². The van der Waals surface area contributed by atoms with Gasteiger partial charge < -0.3 is 19.8 Å². The minimum absolute atomic E-state index is 0.0753. The van der Waals surface area contributed by atoms with Crippen LogP contribution in [0, 0.1) is 0 Å². The van der Waals surface area contributed by atoms with Crippen LogP contribution in [0.2, 0.25) is 0 Å². The van der Waals surface area contributed by atoms with Crippen molar-refractivity contribution in [1.29, 1.82) is 0 Å². The van der Waals surface area contributed by atoms with E-state index in [1.165, 1.54) is 0 Å². The van der Waals surface area contributed by atoms with E-state index in [0.29, 0.717) is 25.9 Å². The molecule has 0 radical (unpaired) electrons. The van der Waals surface area contributed by atoms with Gasteiger partial charge in [0.25, 0.3) is 0 Å². The zero-order valence-corrected chi connectivity index (χ0v) is 16.9. The van der Waals surface area contributed by atoms with Crippen LogP contribution in [-0.2, 0) is 22.7 Å². The average molecular weight is 424 g/mol. The van der Waals surface area contributed by atoms with Crippen LogP contribution in [0.15, 0.2) is 59.7 Å². The van der Waals surface area contributed by atoms with E-state index in [1.54, 1.807) is 10.9 Å². The number of hydrogen-bond acceptors (Lipinski definition) is 4. The first-order valence-corrected chi connectivity index (χ1v) is 9.96. The third-order valence-corrected chi connectivity index (χ3v) is 4.77. The first-order valence-electron chi connectivity index (χ1n) is 9.96. The highest BCUT2D eigenvalue weighted by atomic mass is 16.4. The van der Waals surface area contributed by atoms with Crippen molar-refractivity contribution in [2.45, 2.75) is 38.8 Å². The number of H-pyrrole nitrogens is 1. The highest BCUT2D eigenvalue weighted by Gasteiger charge is 2.06. The highest BCUT2D eigenvalue weighted by Crippen LogP contribution is 2.12. The van der Waals surface area contributed by atoms with Crippen LogP contribution in [-0.4, -0.2) is 41.3 Å². The maximum Gasteiger partial charge on any atom is 0.326 e. The molecule has 0 unspecified atom stereocenters. The van der Waals surface area contributed by atoms with Gasteiger partial charge in [0.15, 0.2) is 0 Å². The monoisotopic (exact) mass is 424 g/mol. The summed E-state index contributed by atoms with van der Waals surface area (Å²) in [7, 11) is 0. The standard InChI is InChI=1S/C11H12N2O3.C11H12N2O2/c14-10(15)6-3-7-13-9-5-2-1-4-8(9)12-11(13)16;14-11(15)6-3-7-13-8-12-9-4-1-2-5-10(9)13/h1-2,4-5H,3,6-7H2,(H,12,16)(H,14,15);1-2,4-5,8H,3,6-7H2,(H,14,15). The van der Waals surface area contributed by atoms with Crippen molar-refractivity contribution in [2.24, 2.45) is 0 Å². The van der Waals surface area contributed by atoms with Crippen LogP contribution >= 0.6 is 0 Å². The molecule has 4 rings (SSSR count). The molecule has 0 aliphatic heterocycles. The Kier molecular flexibility index (Phi) is 7.21. The third-order valence-electron chi connectivity index (χ3n) is 4.77. The number of nitrogens with one attached hydrogen (secondary N) is 1. The van der Waals surface area contributed by atoms with E-state index in [-0.39, 0.29) is 18.5 Å². The smallest absolute Gasteiger partial charge is 0.326 e. The van der Waals surface area contributed by atoms with Gasteiger partial charge in [-0.15, -0.1) is 0 Å². The van der Waals surface area contributed by atoms with Crippen molar-refractivity contribution >= 4 is 34.0 Å². The minimum Gasteiger partial charge on any atom is -0.481 e. The maximum absolute atomic E-state index is 11.6. The first kappa shape index (κ1) is 21.8. The van der Waals surface area contributed by atoms with E-state index in [9.17, 15) is 14.4 Å². The molecular weight excluding hydrogens is 400 g/mol. The zero-order chi connectivity index (χ0) is 22.2. The van der Waals surface area contributed by atoms with Crippen molar-refractivity contribution in [1.82, 2.24) is 19.1 Å². The third kappa shape index (κ3) is 5.81. The number of para-hydroxylation sites is 4. The van der Waals surface area contributed by atoms with Crippen LogP contribution in [0.3, 0.4) is 0 Å². The molecule has 0 aliphatic rings. The molecule has 0 amide bonds. The van der Waals surface area contributed by atoms with E-state index in [4.69, 9.17) is 10.2 Å². The molecule has 0 saturated heterocycles. The largest absolute Gasteiger partial charge is 0.481 e. The predicted octanol–water partition coefficient (Wildman–Crippen LogP) is 3.10. The van der Waals surface area contributed by atoms with E-state index < -0.39 is 11.9 Å². The van der Waals surface area contributed by atoms with E-state index >= 15 is 0 Å². The van der Waals surface area contributed by atoms with Crippen LogP contribution in [0.25, 0.3) is 22.1 Å². The second-order valence-corrected chi connectivity index (χ2v) is 7.02.